The molecule has 0 saturated heterocycles. The van der Waals surface area contributed by atoms with E-state index in [2.05, 4.69) is 14.8 Å². The molecule has 0 atom stereocenters. The second-order valence-corrected chi connectivity index (χ2v) is 8.52. The number of carbonyl (C=O) groups excluding carboxylic acids is 1. The standard InChI is InChI=1S/C25H21N5O3S/c26-24-21(15-16-9-11-19(12-10-16)29-34(32)33)23(17-5-2-1-3-6-17)28-30(24)25(31)20-8-4-7-18-13-14-27-22(18)20/h1-14,27,34H,15,26H2,(H,29,32,33). The van der Waals surface area contributed by atoms with E-state index in [0.717, 1.165) is 22.0 Å². The number of aromatic amines is 1. The molecule has 2 aromatic heterocycles. The van der Waals surface area contributed by atoms with Crippen LogP contribution in [0.1, 0.15) is 21.5 Å². The summed E-state index contributed by atoms with van der Waals surface area (Å²) in [6, 6.07) is 24.0. The summed E-state index contributed by atoms with van der Waals surface area (Å²) in [4.78, 5) is 16.6. The van der Waals surface area contributed by atoms with Gasteiger partial charge in [0.1, 0.15) is 5.82 Å². The Kier molecular flexibility index (Phi) is 5.60. The van der Waals surface area contributed by atoms with Crippen LogP contribution in [0.15, 0.2) is 85.1 Å². The number of nitrogens with zero attached hydrogens (tertiary/aromatic N) is 2. The summed E-state index contributed by atoms with van der Waals surface area (Å²) >= 11 is 0. The van der Waals surface area contributed by atoms with E-state index in [1.54, 1.807) is 24.4 Å². The molecule has 0 saturated carbocycles. The first kappa shape index (κ1) is 21.5. The van der Waals surface area contributed by atoms with Gasteiger partial charge in [-0.3, -0.25) is 9.52 Å². The van der Waals surface area contributed by atoms with Crippen LogP contribution in [0, 0.1) is 0 Å². The molecule has 5 aromatic rings. The van der Waals surface area contributed by atoms with Gasteiger partial charge in [0, 0.05) is 34.8 Å². The smallest absolute Gasteiger partial charge is 0.282 e. The normalized spacial score (nSPS) is 11.2. The molecule has 3 aromatic carbocycles. The van der Waals surface area contributed by atoms with Crippen LogP contribution in [0.4, 0.5) is 11.5 Å². The fourth-order valence-electron chi connectivity index (χ4n) is 4.00. The lowest BCUT2D eigenvalue weighted by atomic mass is 10.0. The van der Waals surface area contributed by atoms with E-state index in [9.17, 15) is 13.2 Å². The highest BCUT2D eigenvalue weighted by Gasteiger charge is 2.23. The maximum atomic E-state index is 13.5. The van der Waals surface area contributed by atoms with Gasteiger partial charge in [-0.05, 0) is 29.8 Å². The topological polar surface area (TPSA) is 123 Å². The molecule has 0 aliphatic rings. The van der Waals surface area contributed by atoms with E-state index >= 15 is 0 Å². The fourth-order valence-corrected chi connectivity index (χ4v) is 4.36. The van der Waals surface area contributed by atoms with Crippen LogP contribution in [0.25, 0.3) is 22.2 Å². The minimum absolute atomic E-state index is 0.261. The maximum absolute atomic E-state index is 13.5. The molecule has 0 radical (unpaired) electrons. The van der Waals surface area contributed by atoms with Crippen molar-refractivity contribution >= 4 is 39.2 Å². The van der Waals surface area contributed by atoms with E-state index in [-0.39, 0.29) is 11.7 Å². The number of nitrogens with two attached hydrogens (primary N) is 1. The molecule has 4 N–H and O–H groups in total. The summed E-state index contributed by atoms with van der Waals surface area (Å²) in [6.45, 7) is 0. The number of thiol groups is 1. The number of H-pyrrole nitrogens is 1. The predicted octanol–water partition coefficient (Wildman–Crippen LogP) is 3.83. The van der Waals surface area contributed by atoms with E-state index in [1.165, 1.54) is 4.68 Å². The monoisotopic (exact) mass is 471 g/mol. The summed E-state index contributed by atoms with van der Waals surface area (Å²) in [5, 5.41) is 5.56. The Hall–Kier alpha value is -4.37. The Labute approximate surface area is 197 Å². The number of nitrogens with one attached hydrogen (secondary N) is 2. The SMILES string of the molecule is Nc1c(Cc2ccc(N[SH](=O)=O)cc2)c(-c2ccccc2)nn1C(=O)c1cccc2cc[nH]c12. The van der Waals surface area contributed by atoms with Gasteiger partial charge in [-0.2, -0.15) is 9.78 Å². The molecule has 0 fully saturated rings. The molecule has 170 valence electrons. The average Bonchev–Trinajstić information content (AvgIpc) is 3.45. The van der Waals surface area contributed by atoms with E-state index in [4.69, 9.17) is 5.73 Å². The lowest BCUT2D eigenvalue weighted by Crippen LogP contribution is -2.17. The Bertz CT molecular complexity index is 1560. The Balaban J connectivity index is 1.58. The molecule has 8 nitrogen and oxygen atoms in total. The third-order valence-electron chi connectivity index (χ3n) is 5.64. The molecular formula is C25H21N5O3S. The van der Waals surface area contributed by atoms with Crippen molar-refractivity contribution in [2.45, 2.75) is 6.42 Å². The van der Waals surface area contributed by atoms with Gasteiger partial charge in [-0.15, -0.1) is 0 Å². The summed E-state index contributed by atoms with van der Waals surface area (Å²) in [5.74, 6) is -0.0648. The number of rotatable bonds is 6. The van der Waals surface area contributed by atoms with Gasteiger partial charge in [-0.25, -0.2) is 8.42 Å². The zero-order valence-corrected chi connectivity index (χ0v) is 18.8. The number of carbonyl (C=O) groups is 1. The Morgan fingerprint density at radius 2 is 1.74 bits per heavy atom. The third-order valence-corrected chi connectivity index (χ3v) is 6.08. The summed E-state index contributed by atoms with van der Waals surface area (Å²) in [6.07, 6.45) is 2.20. The zero-order valence-electron chi connectivity index (χ0n) is 17.9. The van der Waals surface area contributed by atoms with Crippen LogP contribution < -0.4 is 10.5 Å². The van der Waals surface area contributed by atoms with Gasteiger partial charge < -0.3 is 10.7 Å². The number of anilines is 2. The van der Waals surface area contributed by atoms with Crippen molar-refractivity contribution < 1.29 is 13.2 Å². The largest absolute Gasteiger partial charge is 0.383 e. The molecular weight excluding hydrogens is 450 g/mol. The number of hydrogen-bond donors (Lipinski definition) is 4. The number of benzene rings is 3. The van der Waals surface area contributed by atoms with Gasteiger partial charge in [0.2, 0.25) is 10.9 Å². The molecule has 0 aliphatic carbocycles. The van der Waals surface area contributed by atoms with Crippen molar-refractivity contribution in [1.29, 1.82) is 0 Å². The van der Waals surface area contributed by atoms with Crippen LogP contribution in [-0.2, 0) is 17.3 Å². The van der Waals surface area contributed by atoms with Gasteiger partial charge in [0.05, 0.1) is 16.8 Å². The summed E-state index contributed by atoms with van der Waals surface area (Å²) in [5.41, 5.74) is 11.3. The van der Waals surface area contributed by atoms with E-state index in [0.29, 0.717) is 28.9 Å². The number of aromatic nitrogens is 3. The van der Waals surface area contributed by atoms with Gasteiger partial charge >= 0.3 is 0 Å². The lowest BCUT2D eigenvalue weighted by molar-refractivity contribution is 0.0949. The first-order chi connectivity index (χ1) is 16.5. The third kappa shape index (κ3) is 4.04. The minimum Gasteiger partial charge on any atom is -0.383 e. The Morgan fingerprint density at radius 1 is 0.971 bits per heavy atom. The molecule has 34 heavy (non-hydrogen) atoms. The number of para-hydroxylation sites is 1. The Morgan fingerprint density at radius 3 is 2.47 bits per heavy atom. The maximum Gasteiger partial charge on any atom is 0.282 e. The molecule has 0 unspecified atom stereocenters. The van der Waals surface area contributed by atoms with Gasteiger partial charge in [-0.1, -0.05) is 54.6 Å². The second kappa shape index (κ2) is 8.87. The van der Waals surface area contributed by atoms with Crippen molar-refractivity contribution in [3.05, 3.63) is 102 Å². The predicted molar refractivity (Wildman–Crippen MR) is 133 cm³/mol. The first-order valence-corrected chi connectivity index (χ1v) is 11.7. The molecule has 5 rings (SSSR count). The van der Waals surface area contributed by atoms with Crippen LogP contribution in [0.3, 0.4) is 0 Å². The minimum atomic E-state index is -2.73. The quantitative estimate of drug-likeness (QED) is 0.280. The van der Waals surface area contributed by atoms with E-state index in [1.807, 2.05) is 60.7 Å². The summed E-state index contributed by atoms with van der Waals surface area (Å²) in [7, 11) is -2.73. The highest BCUT2D eigenvalue weighted by atomic mass is 32.2. The van der Waals surface area contributed by atoms with E-state index < -0.39 is 10.9 Å². The van der Waals surface area contributed by atoms with Crippen LogP contribution >= 0.6 is 0 Å². The molecule has 0 spiro atoms. The zero-order chi connectivity index (χ0) is 23.7. The van der Waals surface area contributed by atoms with Crippen molar-refractivity contribution in [1.82, 2.24) is 14.8 Å². The van der Waals surface area contributed by atoms with Crippen molar-refractivity contribution in [3.63, 3.8) is 0 Å². The molecule has 0 bridgehead atoms. The van der Waals surface area contributed by atoms with Gasteiger partial charge in [0.15, 0.2) is 0 Å². The van der Waals surface area contributed by atoms with Crippen LogP contribution in [0.5, 0.6) is 0 Å². The molecule has 2 heterocycles. The fraction of sp³-hybridized carbons (Fsp3) is 0.0400. The highest BCUT2D eigenvalue weighted by molar-refractivity contribution is 7.73. The highest BCUT2D eigenvalue weighted by Crippen LogP contribution is 2.31. The molecule has 0 amide bonds. The van der Waals surface area contributed by atoms with Crippen LogP contribution in [-0.4, -0.2) is 29.1 Å². The lowest BCUT2D eigenvalue weighted by Gasteiger charge is -2.07. The van der Waals surface area contributed by atoms with Crippen molar-refractivity contribution in [2.75, 3.05) is 10.5 Å². The molecule has 0 aliphatic heterocycles. The van der Waals surface area contributed by atoms with Gasteiger partial charge in [0.25, 0.3) is 5.91 Å². The number of nitrogen functional groups attached to an aromatic ring is 1. The van der Waals surface area contributed by atoms with Crippen molar-refractivity contribution in [2.24, 2.45) is 0 Å². The molecule has 9 heteroatoms. The first-order valence-electron chi connectivity index (χ1n) is 10.5. The average molecular weight is 472 g/mol. The number of fused-ring (bicyclic) bond motifs is 1. The van der Waals surface area contributed by atoms with Crippen molar-refractivity contribution in [3.8, 4) is 11.3 Å². The second-order valence-electron chi connectivity index (χ2n) is 7.79. The van der Waals surface area contributed by atoms with Crippen LogP contribution in [0.2, 0.25) is 0 Å². The summed E-state index contributed by atoms with van der Waals surface area (Å²) < 4.78 is 25.4. The number of hydrogen-bond acceptors (Lipinski definition) is 5.